The Morgan fingerprint density at radius 2 is 2.06 bits per heavy atom. The molecular weight excluding hydrogens is 220 g/mol. The van der Waals surface area contributed by atoms with Crippen LogP contribution in [0.3, 0.4) is 0 Å². The van der Waals surface area contributed by atoms with Crippen LogP contribution in [0.4, 0.5) is 0 Å². The topological polar surface area (TPSA) is 66.8 Å². The number of phenols is 1. The standard InChI is InChI=1S/C13H16O4/c1-8-6-11(17-2)9(7-10(8)14)13(12(15)16)4-3-5-13/h6-7,14H,3-5H2,1-2H3,(H,15,16). The molecule has 1 fully saturated rings. The molecule has 0 spiro atoms. The number of aromatic hydroxyl groups is 1. The lowest BCUT2D eigenvalue weighted by atomic mass is 9.64. The third-order valence-electron chi connectivity index (χ3n) is 3.65. The van der Waals surface area contributed by atoms with E-state index in [9.17, 15) is 15.0 Å². The van der Waals surface area contributed by atoms with Gasteiger partial charge in [0.15, 0.2) is 0 Å². The number of hydrogen-bond acceptors (Lipinski definition) is 3. The SMILES string of the molecule is COc1cc(C)c(O)cc1C1(C(=O)O)CCC1. The van der Waals surface area contributed by atoms with Crippen molar-refractivity contribution in [1.29, 1.82) is 0 Å². The molecule has 0 unspecified atom stereocenters. The largest absolute Gasteiger partial charge is 0.508 e. The number of carbonyl (C=O) groups is 1. The smallest absolute Gasteiger partial charge is 0.314 e. The summed E-state index contributed by atoms with van der Waals surface area (Å²) in [5.41, 5.74) is 0.392. The molecule has 0 aliphatic heterocycles. The molecule has 1 aromatic rings. The van der Waals surface area contributed by atoms with Gasteiger partial charge >= 0.3 is 5.97 Å². The molecular formula is C13H16O4. The van der Waals surface area contributed by atoms with Gasteiger partial charge in [0.2, 0.25) is 0 Å². The van der Waals surface area contributed by atoms with Gasteiger partial charge in [0.1, 0.15) is 11.5 Å². The van der Waals surface area contributed by atoms with Crippen LogP contribution in [0.5, 0.6) is 11.5 Å². The van der Waals surface area contributed by atoms with Crippen LogP contribution >= 0.6 is 0 Å². The molecule has 0 atom stereocenters. The molecule has 1 aliphatic rings. The molecule has 1 aromatic carbocycles. The second kappa shape index (κ2) is 3.95. The van der Waals surface area contributed by atoms with E-state index in [1.165, 1.54) is 13.2 Å². The maximum absolute atomic E-state index is 11.4. The molecule has 17 heavy (non-hydrogen) atoms. The summed E-state index contributed by atoms with van der Waals surface area (Å²) in [6.07, 6.45) is 2.09. The average Bonchev–Trinajstić information content (AvgIpc) is 2.20. The summed E-state index contributed by atoms with van der Waals surface area (Å²) < 4.78 is 5.24. The van der Waals surface area contributed by atoms with Gasteiger partial charge < -0.3 is 14.9 Å². The zero-order valence-corrected chi connectivity index (χ0v) is 9.99. The molecule has 2 rings (SSSR count). The molecule has 0 heterocycles. The fourth-order valence-electron chi connectivity index (χ4n) is 2.34. The van der Waals surface area contributed by atoms with Gasteiger partial charge in [-0.05, 0) is 37.5 Å². The van der Waals surface area contributed by atoms with E-state index in [-0.39, 0.29) is 5.75 Å². The van der Waals surface area contributed by atoms with Crippen LogP contribution in [0.15, 0.2) is 12.1 Å². The Balaban J connectivity index is 2.57. The summed E-state index contributed by atoms with van der Waals surface area (Å²) >= 11 is 0. The average molecular weight is 236 g/mol. The number of phenolic OH excluding ortho intramolecular Hbond substituents is 1. The first-order valence-electron chi connectivity index (χ1n) is 5.63. The highest BCUT2D eigenvalue weighted by molar-refractivity contribution is 5.84. The minimum Gasteiger partial charge on any atom is -0.508 e. The predicted octanol–water partition coefficient (Wildman–Crippen LogP) is 2.22. The van der Waals surface area contributed by atoms with Crippen LogP contribution < -0.4 is 4.74 Å². The maximum Gasteiger partial charge on any atom is 0.314 e. The lowest BCUT2D eigenvalue weighted by molar-refractivity contribution is -0.147. The van der Waals surface area contributed by atoms with E-state index in [1.54, 1.807) is 13.0 Å². The van der Waals surface area contributed by atoms with Gasteiger partial charge in [0, 0.05) is 5.56 Å². The van der Waals surface area contributed by atoms with Gasteiger partial charge in [-0.3, -0.25) is 4.79 Å². The highest BCUT2D eigenvalue weighted by Crippen LogP contribution is 2.48. The molecule has 92 valence electrons. The van der Waals surface area contributed by atoms with Gasteiger partial charge in [-0.1, -0.05) is 6.42 Å². The Hall–Kier alpha value is -1.71. The quantitative estimate of drug-likeness (QED) is 0.844. The van der Waals surface area contributed by atoms with Crippen molar-refractivity contribution < 1.29 is 19.7 Å². The minimum atomic E-state index is -0.878. The van der Waals surface area contributed by atoms with Crippen molar-refractivity contribution in [3.63, 3.8) is 0 Å². The number of benzene rings is 1. The molecule has 1 saturated carbocycles. The highest BCUT2D eigenvalue weighted by atomic mass is 16.5. The van der Waals surface area contributed by atoms with Crippen LogP contribution in [0.1, 0.15) is 30.4 Å². The van der Waals surface area contributed by atoms with E-state index in [2.05, 4.69) is 0 Å². The van der Waals surface area contributed by atoms with Crippen molar-refractivity contribution in [3.05, 3.63) is 23.3 Å². The van der Waals surface area contributed by atoms with Gasteiger partial charge in [0.25, 0.3) is 0 Å². The summed E-state index contributed by atoms with van der Waals surface area (Å²) in [6.45, 7) is 1.76. The Morgan fingerprint density at radius 3 is 2.47 bits per heavy atom. The van der Waals surface area contributed by atoms with Crippen LogP contribution in [0, 0.1) is 6.92 Å². The second-order valence-electron chi connectivity index (χ2n) is 4.58. The summed E-state index contributed by atoms with van der Waals surface area (Å²) in [7, 11) is 1.52. The van der Waals surface area contributed by atoms with Gasteiger partial charge in [-0.2, -0.15) is 0 Å². The minimum absolute atomic E-state index is 0.119. The first kappa shape index (κ1) is 11.8. The first-order valence-corrected chi connectivity index (χ1v) is 5.63. The monoisotopic (exact) mass is 236 g/mol. The summed E-state index contributed by atoms with van der Waals surface area (Å²) in [6, 6.07) is 3.22. The van der Waals surface area contributed by atoms with Crippen LogP contribution in [0.2, 0.25) is 0 Å². The number of hydrogen-bond donors (Lipinski definition) is 2. The number of methoxy groups -OCH3 is 1. The van der Waals surface area contributed by atoms with Crippen LogP contribution in [-0.4, -0.2) is 23.3 Å². The Morgan fingerprint density at radius 1 is 1.41 bits per heavy atom. The van der Waals surface area contributed by atoms with E-state index < -0.39 is 11.4 Å². The zero-order valence-electron chi connectivity index (χ0n) is 9.99. The zero-order chi connectivity index (χ0) is 12.6. The Bertz CT molecular complexity index is 461. The van der Waals surface area contributed by atoms with E-state index in [0.29, 0.717) is 29.7 Å². The van der Waals surface area contributed by atoms with Crippen molar-refractivity contribution in [2.75, 3.05) is 7.11 Å². The maximum atomic E-state index is 11.4. The molecule has 2 N–H and O–H groups in total. The van der Waals surface area contributed by atoms with E-state index in [0.717, 1.165) is 6.42 Å². The number of aryl methyl sites for hydroxylation is 1. The van der Waals surface area contributed by atoms with Crippen molar-refractivity contribution in [2.45, 2.75) is 31.6 Å². The van der Waals surface area contributed by atoms with Gasteiger partial charge in [-0.15, -0.1) is 0 Å². The molecule has 0 amide bonds. The van der Waals surface area contributed by atoms with Crippen molar-refractivity contribution in [2.24, 2.45) is 0 Å². The number of carboxylic acid groups (broad SMARTS) is 1. The van der Waals surface area contributed by atoms with Crippen molar-refractivity contribution in [1.82, 2.24) is 0 Å². The number of aliphatic carboxylic acids is 1. The van der Waals surface area contributed by atoms with E-state index in [1.807, 2.05) is 0 Å². The third-order valence-corrected chi connectivity index (χ3v) is 3.65. The normalized spacial score (nSPS) is 17.3. The predicted molar refractivity (Wildman–Crippen MR) is 62.6 cm³/mol. The molecule has 1 aliphatic carbocycles. The van der Waals surface area contributed by atoms with E-state index >= 15 is 0 Å². The van der Waals surface area contributed by atoms with Gasteiger partial charge in [-0.25, -0.2) is 0 Å². The Kier molecular flexibility index (Phi) is 2.73. The molecule has 4 heteroatoms. The molecule has 0 aromatic heterocycles. The fraction of sp³-hybridized carbons (Fsp3) is 0.462. The molecule has 0 saturated heterocycles. The van der Waals surface area contributed by atoms with E-state index in [4.69, 9.17) is 4.74 Å². The first-order chi connectivity index (χ1) is 8.01. The third kappa shape index (κ3) is 1.64. The summed E-state index contributed by atoms with van der Waals surface area (Å²) in [5.74, 6) is -0.180. The number of carboxylic acids is 1. The summed E-state index contributed by atoms with van der Waals surface area (Å²) in [4.78, 5) is 11.4. The molecule has 0 bridgehead atoms. The lowest BCUT2D eigenvalue weighted by Crippen LogP contribution is -2.42. The second-order valence-corrected chi connectivity index (χ2v) is 4.58. The molecule has 4 nitrogen and oxygen atoms in total. The van der Waals surface area contributed by atoms with Gasteiger partial charge in [0.05, 0.1) is 12.5 Å². The van der Waals surface area contributed by atoms with Crippen LogP contribution in [-0.2, 0) is 10.2 Å². The Labute approximate surface area is 99.8 Å². The number of rotatable bonds is 3. The number of ether oxygens (including phenoxy) is 1. The highest BCUT2D eigenvalue weighted by Gasteiger charge is 2.48. The molecule has 0 radical (unpaired) electrons. The van der Waals surface area contributed by atoms with Crippen LogP contribution in [0.25, 0.3) is 0 Å². The summed E-state index contributed by atoms with van der Waals surface area (Å²) in [5, 5.41) is 19.1. The lowest BCUT2D eigenvalue weighted by Gasteiger charge is -2.39. The van der Waals surface area contributed by atoms with Crippen molar-refractivity contribution >= 4 is 5.97 Å². The fourth-order valence-corrected chi connectivity index (χ4v) is 2.34. The van der Waals surface area contributed by atoms with Crippen molar-refractivity contribution in [3.8, 4) is 11.5 Å².